The number of hydrogen-bond donors (Lipinski definition) is 1. The van der Waals surface area contributed by atoms with Gasteiger partial charge >= 0.3 is 0 Å². The molecule has 1 heterocycles. The number of nitrogens with zero attached hydrogens (tertiary/aromatic N) is 1. The van der Waals surface area contributed by atoms with Gasteiger partial charge in [0.05, 0.1) is 10.4 Å². The van der Waals surface area contributed by atoms with Crippen molar-refractivity contribution in [2.75, 3.05) is 5.73 Å². The van der Waals surface area contributed by atoms with Gasteiger partial charge in [-0.25, -0.2) is 12.4 Å². The lowest BCUT2D eigenvalue weighted by molar-refractivity contribution is 0.582. The highest BCUT2D eigenvalue weighted by Gasteiger charge is 2.27. The maximum absolute atomic E-state index is 13.2. The van der Waals surface area contributed by atoms with Crippen LogP contribution >= 0.6 is 0 Å². The van der Waals surface area contributed by atoms with Gasteiger partial charge in [0, 0.05) is 16.8 Å². The van der Waals surface area contributed by atoms with Crippen LogP contribution in [0.4, 0.5) is 5.69 Å². The zero-order valence-electron chi connectivity index (χ0n) is 12.7. The topological polar surface area (TPSA) is 65.1 Å². The Kier molecular flexibility index (Phi) is 3.20. The Bertz CT molecular complexity index is 986. The molecule has 0 unspecified atom stereocenters. The molecule has 2 N–H and O–H groups in total. The van der Waals surface area contributed by atoms with Crippen molar-refractivity contribution >= 4 is 26.6 Å². The molecule has 23 heavy (non-hydrogen) atoms. The van der Waals surface area contributed by atoms with E-state index in [1.54, 1.807) is 28.2 Å². The first kappa shape index (κ1) is 14.3. The van der Waals surface area contributed by atoms with E-state index in [2.05, 4.69) is 0 Å². The minimum Gasteiger partial charge on any atom is -0.399 e. The van der Waals surface area contributed by atoms with Crippen LogP contribution in [-0.4, -0.2) is 12.4 Å². The third-order valence-electron chi connectivity index (χ3n) is 4.55. The Balaban J connectivity index is 2.03. The summed E-state index contributed by atoms with van der Waals surface area (Å²) in [7, 11) is -3.62. The monoisotopic (exact) mass is 326 g/mol. The Morgan fingerprint density at radius 2 is 1.61 bits per heavy atom. The molecule has 0 saturated carbocycles. The van der Waals surface area contributed by atoms with E-state index in [1.807, 2.05) is 24.3 Å². The zero-order chi connectivity index (χ0) is 16.0. The molecule has 0 amide bonds. The third-order valence-corrected chi connectivity index (χ3v) is 6.32. The predicted molar refractivity (Wildman–Crippen MR) is 92.0 cm³/mol. The fourth-order valence-corrected chi connectivity index (χ4v) is 5.08. The first-order valence-electron chi connectivity index (χ1n) is 7.81. The minimum atomic E-state index is -3.62. The average Bonchev–Trinajstić information content (AvgIpc) is 2.90. The molecule has 0 fully saturated rings. The molecule has 0 aliphatic heterocycles. The second-order valence-corrected chi connectivity index (χ2v) is 7.77. The highest BCUT2D eigenvalue weighted by molar-refractivity contribution is 7.90. The van der Waals surface area contributed by atoms with E-state index in [-0.39, 0.29) is 4.90 Å². The van der Waals surface area contributed by atoms with Crippen molar-refractivity contribution in [1.29, 1.82) is 0 Å². The molecule has 0 radical (unpaired) electrons. The minimum absolute atomic E-state index is 0.279. The lowest BCUT2D eigenvalue weighted by atomic mass is 9.96. The molecule has 0 atom stereocenters. The first-order chi connectivity index (χ1) is 11.1. The lowest BCUT2D eigenvalue weighted by Gasteiger charge is -2.16. The number of aromatic nitrogens is 1. The number of rotatable bonds is 2. The average molecular weight is 326 g/mol. The predicted octanol–water partition coefficient (Wildman–Crippen LogP) is 3.34. The molecule has 1 aromatic heterocycles. The van der Waals surface area contributed by atoms with Crippen LogP contribution in [0.1, 0.15) is 24.1 Å². The van der Waals surface area contributed by atoms with Crippen LogP contribution in [0.3, 0.4) is 0 Å². The summed E-state index contributed by atoms with van der Waals surface area (Å²) >= 11 is 0. The highest BCUT2D eigenvalue weighted by Crippen LogP contribution is 2.34. The van der Waals surface area contributed by atoms with Crippen molar-refractivity contribution in [2.45, 2.75) is 30.6 Å². The quantitative estimate of drug-likeness (QED) is 0.735. The molecule has 4 rings (SSSR count). The van der Waals surface area contributed by atoms with E-state index in [0.717, 1.165) is 42.3 Å². The number of para-hydroxylation sites is 1. The number of aryl methyl sites for hydroxylation is 1. The molecule has 1 aliphatic carbocycles. The van der Waals surface area contributed by atoms with Crippen LogP contribution in [-0.2, 0) is 22.9 Å². The summed E-state index contributed by atoms with van der Waals surface area (Å²) in [5.41, 5.74) is 9.15. The molecule has 5 heteroatoms. The van der Waals surface area contributed by atoms with E-state index < -0.39 is 10.0 Å². The number of anilines is 1. The van der Waals surface area contributed by atoms with E-state index in [9.17, 15) is 8.42 Å². The standard InChI is InChI=1S/C18H18N2O2S/c19-13-9-11-14(12-10-13)23(21,22)20-17-7-3-1-5-15(17)16-6-2-4-8-18(16)20/h1,3,5,7,9-12H,2,4,6,8,19H2. The fraction of sp³-hybridized carbons (Fsp3) is 0.222. The van der Waals surface area contributed by atoms with Gasteiger partial charge in [0.15, 0.2) is 0 Å². The van der Waals surface area contributed by atoms with Crippen LogP contribution in [0.5, 0.6) is 0 Å². The fourth-order valence-electron chi connectivity index (χ4n) is 3.47. The Hall–Kier alpha value is -2.27. The molecular weight excluding hydrogens is 308 g/mol. The molecule has 3 aromatic rings. The van der Waals surface area contributed by atoms with E-state index >= 15 is 0 Å². The number of benzene rings is 2. The van der Waals surface area contributed by atoms with Gasteiger partial charge in [-0.05, 0) is 61.6 Å². The Morgan fingerprint density at radius 3 is 2.39 bits per heavy atom. The van der Waals surface area contributed by atoms with Crippen LogP contribution in [0.2, 0.25) is 0 Å². The van der Waals surface area contributed by atoms with Crippen molar-refractivity contribution in [3.63, 3.8) is 0 Å². The lowest BCUT2D eigenvalue weighted by Crippen LogP contribution is -2.17. The molecule has 0 spiro atoms. The summed E-state index contributed by atoms with van der Waals surface area (Å²) in [5, 5.41) is 1.06. The molecule has 0 saturated heterocycles. The van der Waals surface area contributed by atoms with Gasteiger partial charge in [0.2, 0.25) is 0 Å². The van der Waals surface area contributed by atoms with Gasteiger partial charge in [-0.3, -0.25) is 0 Å². The summed E-state index contributed by atoms with van der Waals surface area (Å²) in [6.07, 6.45) is 3.89. The van der Waals surface area contributed by atoms with Crippen LogP contribution < -0.4 is 5.73 Å². The summed E-state index contributed by atoms with van der Waals surface area (Å²) in [4.78, 5) is 0.279. The smallest absolute Gasteiger partial charge is 0.268 e. The van der Waals surface area contributed by atoms with Crippen molar-refractivity contribution in [3.8, 4) is 0 Å². The van der Waals surface area contributed by atoms with E-state index in [1.165, 1.54) is 5.56 Å². The van der Waals surface area contributed by atoms with Crippen molar-refractivity contribution in [3.05, 3.63) is 59.8 Å². The second kappa shape index (κ2) is 5.13. The molecule has 118 valence electrons. The molecule has 2 aromatic carbocycles. The van der Waals surface area contributed by atoms with Crippen molar-refractivity contribution in [1.82, 2.24) is 3.97 Å². The zero-order valence-corrected chi connectivity index (χ0v) is 13.5. The van der Waals surface area contributed by atoms with Gasteiger partial charge < -0.3 is 5.73 Å². The SMILES string of the molecule is Nc1ccc(S(=O)(=O)n2c3c(c4ccccc42)CCCC3)cc1. The van der Waals surface area contributed by atoms with E-state index in [4.69, 9.17) is 5.73 Å². The highest BCUT2D eigenvalue weighted by atomic mass is 32.2. The maximum Gasteiger partial charge on any atom is 0.268 e. The van der Waals surface area contributed by atoms with Crippen LogP contribution in [0, 0.1) is 0 Å². The summed E-state index contributed by atoms with van der Waals surface area (Å²) in [6, 6.07) is 14.2. The number of nitrogens with two attached hydrogens (primary N) is 1. The van der Waals surface area contributed by atoms with Crippen LogP contribution in [0.25, 0.3) is 10.9 Å². The second-order valence-electron chi connectivity index (χ2n) is 5.99. The van der Waals surface area contributed by atoms with Gasteiger partial charge in [0.1, 0.15) is 0 Å². The summed E-state index contributed by atoms with van der Waals surface area (Å²) in [6.45, 7) is 0. The van der Waals surface area contributed by atoms with Crippen molar-refractivity contribution < 1.29 is 8.42 Å². The Labute approximate surface area is 135 Å². The summed E-state index contributed by atoms with van der Waals surface area (Å²) in [5.74, 6) is 0. The number of hydrogen-bond acceptors (Lipinski definition) is 3. The third kappa shape index (κ3) is 2.15. The first-order valence-corrected chi connectivity index (χ1v) is 9.25. The molecule has 0 bridgehead atoms. The summed E-state index contributed by atoms with van der Waals surface area (Å²) < 4.78 is 28.0. The van der Waals surface area contributed by atoms with Gasteiger partial charge in [-0.15, -0.1) is 0 Å². The Morgan fingerprint density at radius 1 is 0.913 bits per heavy atom. The largest absolute Gasteiger partial charge is 0.399 e. The van der Waals surface area contributed by atoms with Gasteiger partial charge in [0.25, 0.3) is 10.0 Å². The molecule has 4 nitrogen and oxygen atoms in total. The molecular formula is C18H18N2O2S. The van der Waals surface area contributed by atoms with E-state index in [0.29, 0.717) is 5.69 Å². The van der Waals surface area contributed by atoms with Gasteiger partial charge in [-0.1, -0.05) is 18.2 Å². The van der Waals surface area contributed by atoms with Crippen molar-refractivity contribution in [2.24, 2.45) is 0 Å². The maximum atomic E-state index is 13.2. The normalized spacial score (nSPS) is 14.8. The van der Waals surface area contributed by atoms with Crippen LogP contribution in [0.15, 0.2) is 53.4 Å². The number of fused-ring (bicyclic) bond motifs is 3. The number of nitrogen functional groups attached to an aromatic ring is 1. The molecule has 1 aliphatic rings. The van der Waals surface area contributed by atoms with Gasteiger partial charge in [-0.2, -0.15) is 0 Å².